The van der Waals surface area contributed by atoms with Gasteiger partial charge >= 0.3 is 12.1 Å². The van der Waals surface area contributed by atoms with Crippen molar-refractivity contribution >= 4 is 23.6 Å². The molecule has 24 heavy (non-hydrogen) atoms. The van der Waals surface area contributed by atoms with Gasteiger partial charge in [0, 0.05) is 17.8 Å². The highest BCUT2D eigenvalue weighted by Gasteiger charge is 2.41. The molecule has 1 amide bonds. The van der Waals surface area contributed by atoms with E-state index >= 15 is 0 Å². The van der Waals surface area contributed by atoms with Gasteiger partial charge in [0.25, 0.3) is 5.91 Å². The predicted molar refractivity (Wildman–Crippen MR) is 80.2 cm³/mol. The van der Waals surface area contributed by atoms with E-state index in [1.54, 1.807) is 11.8 Å². The van der Waals surface area contributed by atoms with E-state index in [4.69, 9.17) is 0 Å². The highest BCUT2D eigenvalue weighted by molar-refractivity contribution is 7.99. The fourth-order valence-corrected chi connectivity index (χ4v) is 3.38. The molecule has 0 aliphatic carbocycles. The SMILES string of the molecule is O=C(NC1(C(=O)O)CCSCC1)c1ccnc(OCC(F)(F)F)c1. The van der Waals surface area contributed by atoms with Gasteiger partial charge in [0.1, 0.15) is 5.54 Å². The Bertz CT molecular complexity index is 618. The van der Waals surface area contributed by atoms with Crippen LogP contribution in [0.4, 0.5) is 13.2 Å². The third-order valence-corrected chi connectivity index (χ3v) is 4.47. The van der Waals surface area contributed by atoms with E-state index in [2.05, 4.69) is 15.0 Å². The van der Waals surface area contributed by atoms with Gasteiger partial charge in [-0.25, -0.2) is 9.78 Å². The van der Waals surface area contributed by atoms with Gasteiger partial charge < -0.3 is 15.2 Å². The zero-order chi connectivity index (χ0) is 17.8. The van der Waals surface area contributed by atoms with Crippen LogP contribution in [0.2, 0.25) is 0 Å². The number of carbonyl (C=O) groups excluding carboxylic acids is 1. The molecule has 1 saturated heterocycles. The molecule has 0 bridgehead atoms. The van der Waals surface area contributed by atoms with Gasteiger partial charge in [-0.15, -0.1) is 0 Å². The van der Waals surface area contributed by atoms with Crippen molar-refractivity contribution in [1.82, 2.24) is 10.3 Å². The molecule has 1 aromatic rings. The highest BCUT2D eigenvalue weighted by Crippen LogP contribution is 2.28. The van der Waals surface area contributed by atoms with Crippen molar-refractivity contribution in [2.24, 2.45) is 0 Å². The van der Waals surface area contributed by atoms with Crippen molar-refractivity contribution in [3.8, 4) is 5.88 Å². The van der Waals surface area contributed by atoms with Gasteiger partial charge in [-0.05, 0) is 30.4 Å². The van der Waals surface area contributed by atoms with Crippen LogP contribution in [0.15, 0.2) is 18.3 Å². The fraction of sp³-hybridized carbons (Fsp3) is 0.500. The molecule has 0 spiro atoms. The summed E-state index contributed by atoms with van der Waals surface area (Å²) in [7, 11) is 0. The van der Waals surface area contributed by atoms with Crippen LogP contribution in [0.5, 0.6) is 5.88 Å². The zero-order valence-corrected chi connectivity index (χ0v) is 13.2. The number of carboxylic acid groups (broad SMARTS) is 1. The Balaban J connectivity index is 2.10. The van der Waals surface area contributed by atoms with Crippen molar-refractivity contribution in [2.75, 3.05) is 18.1 Å². The summed E-state index contributed by atoms with van der Waals surface area (Å²) < 4.78 is 40.9. The number of carbonyl (C=O) groups is 2. The minimum Gasteiger partial charge on any atom is -0.480 e. The minimum atomic E-state index is -4.52. The fourth-order valence-electron chi connectivity index (χ4n) is 2.19. The Morgan fingerprint density at radius 2 is 2.04 bits per heavy atom. The Hall–Kier alpha value is -1.97. The number of nitrogens with one attached hydrogen (secondary N) is 1. The predicted octanol–water partition coefficient (Wildman–Crippen LogP) is 2.10. The van der Waals surface area contributed by atoms with Crippen LogP contribution in [-0.2, 0) is 4.79 Å². The Morgan fingerprint density at radius 1 is 1.38 bits per heavy atom. The molecule has 0 saturated carbocycles. The van der Waals surface area contributed by atoms with Crippen LogP contribution in [-0.4, -0.2) is 51.8 Å². The number of carboxylic acids is 1. The number of rotatable bonds is 5. The number of hydrogen-bond donors (Lipinski definition) is 2. The average Bonchev–Trinajstić information content (AvgIpc) is 2.53. The van der Waals surface area contributed by atoms with Crippen molar-refractivity contribution in [3.05, 3.63) is 23.9 Å². The maximum absolute atomic E-state index is 12.3. The molecule has 6 nitrogen and oxygen atoms in total. The van der Waals surface area contributed by atoms with Crippen LogP contribution >= 0.6 is 11.8 Å². The van der Waals surface area contributed by atoms with Gasteiger partial charge in [-0.2, -0.15) is 24.9 Å². The normalized spacial score (nSPS) is 17.1. The Labute approximate surface area is 139 Å². The summed E-state index contributed by atoms with van der Waals surface area (Å²) >= 11 is 1.60. The van der Waals surface area contributed by atoms with E-state index in [1.165, 1.54) is 6.07 Å². The quantitative estimate of drug-likeness (QED) is 0.832. The maximum Gasteiger partial charge on any atom is 0.422 e. The molecular formula is C14H15F3N2O4S. The molecule has 0 radical (unpaired) electrons. The lowest BCUT2D eigenvalue weighted by molar-refractivity contribution is -0.154. The number of nitrogens with zero attached hydrogens (tertiary/aromatic N) is 1. The lowest BCUT2D eigenvalue weighted by Crippen LogP contribution is -2.56. The van der Waals surface area contributed by atoms with E-state index < -0.39 is 30.2 Å². The third kappa shape index (κ3) is 4.76. The van der Waals surface area contributed by atoms with Crippen LogP contribution in [0.3, 0.4) is 0 Å². The molecule has 132 valence electrons. The first kappa shape index (κ1) is 18.4. The number of ether oxygens (including phenoxy) is 1. The molecule has 0 atom stereocenters. The highest BCUT2D eigenvalue weighted by atomic mass is 32.2. The first-order chi connectivity index (χ1) is 11.2. The van der Waals surface area contributed by atoms with Crippen molar-refractivity contribution in [1.29, 1.82) is 0 Å². The first-order valence-electron chi connectivity index (χ1n) is 7.01. The second-order valence-electron chi connectivity index (χ2n) is 5.24. The second kappa shape index (κ2) is 7.29. The van der Waals surface area contributed by atoms with Gasteiger partial charge in [-0.3, -0.25) is 4.79 Å². The molecule has 1 fully saturated rings. The van der Waals surface area contributed by atoms with Gasteiger partial charge in [0.05, 0.1) is 0 Å². The van der Waals surface area contributed by atoms with Crippen LogP contribution in [0.25, 0.3) is 0 Å². The summed E-state index contributed by atoms with van der Waals surface area (Å²) in [6.07, 6.45) is -2.83. The van der Waals surface area contributed by atoms with E-state index in [-0.39, 0.29) is 24.3 Å². The summed E-state index contributed by atoms with van der Waals surface area (Å²) in [6.45, 7) is -1.53. The summed E-state index contributed by atoms with van der Waals surface area (Å²) in [5.41, 5.74) is -1.38. The lowest BCUT2D eigenvalue weighted by atomic mass is 9.92. The second-order valence-corrected chi connectivity index (χ2v) is 6.47. The molecule has 0 aromatic carbocycles. The third-order valence-electron chi connectivity index (χ3n) is 3.49. The van der Waals surface area contributed by atoms with E-state index in [9.17, 15) is 27.9 Å². The summed E-state index contributed by atoms with van der Waals surface area (Å²) in [6, 6.07) is 2.33. The average molecular weight is 364 g/mol. The minimum absolute atomic E-state index is 0.0129. The zero-order valence-electron chi connectivity index (χ0n) is 12.4. The van der Waals surface area contributed by atoms with Crippen molar-refractivity contribution in [2.45, 2.75) is 24.6 Å². The molecule has 0 unspecified atom stereocenters. The number of amides is 1. The summed E-state index contributed by atoms with van der Waals surface area (Å²) in [4.78, 5) is 27.4. The maximum atomic E-state index is 12.3. The topological polar surface area (TPSA) is 88.5 Å². The number of thioether (sulfide) groups is 1. The molecule has 1 aromatic heterocycles. The van der Waals surface area contributed by atoms with Gasteiger partial charge in [0.2, 0.25) is 5.88 Å². The Kier molecular flexibility index (Phi) is 5.58. The molecule has 10 heteroatoms. The van der Waals surface area contributed by atoms with E-state index in [0.29, 0.717) is 11.5 Å². The number of aromatic nitrogens is 1. The Morgan fingerprint density at radius 3 is 2.62 bits per heavy atom. The lowest BCUT2D eigenvalue weighted by Gasteiger charge is -2.33. The first-order valence-corrected chi connectivity index (χ1v) is 8.17. The monoisotopic (exact) mass is 364 g/mol. The number of aliphatic carboxylic acids is 1. The van der Waals surface area contributed by atoms with Gasteiger partial charge in [-0.1, -0.05) is 0 Å². The van der Waals surface area contributed by atoms with Gasteiger partial charge in [0.15, 0.2) is 6.61 Å². The number of halogens is 3. The summed E-state index contributed by atoms with van der Waals surface area (Å²) in [5, 5.41) is 11.9. The van der Waals surface area contributed by atoms with E-state index in [1.807, 2.05) is 0 Å². The number of alkyl halides is 3. The molecule has 1 aliphatic heterocycles. The largest absolute Gasteiger partial charge is 0.480 e. The van der Waals surface area contributed by atoms with Crippen LogP contribution in [0, 0.1) is 0 Å². The molecule has 1 aliphatic rings. The van der Waals surface area contributed by atoms with E-state index in [0.717, 1.165) is 12.3 Å². The van der Waals surface area contributed by atoms with Crippen LogP contribution in [0.1, 0.15) is 23.2 Å². The van der Waals surface area contributed by atoms with Crippen LogP contribution < -0.4 is 10.1 Å². The molecule has 2 rings (SSSR count). The smallest absolute Gasteiger partial charge is 0.422 e. The van der Waals surface area contributed by atoms with Crippen molar-refractivity contribution < 1.29 is 32.6 Å². The molecule has 2 N–H and O–H groups in total. The molecular weight excluding hydrogens is 349 g/mol. The number of hydrogen-bond acceptors (Lipinski definition) is 5. The summed E-state index contributed by atoms with van der Waals surface area (Å²) in [5.74, 6) is -0.975. The standard InChI is InChI=1S/C14H15F3N2O4S/c15-14(16,17)8-23-10-7-9(1-4-18-10)11(20)19-13(12(21)22)2-5-24-6-3-13/h1,4,7H,2-3,5-6,8H2,(H,19,20)(H,21,22). The van der Waals surface area contributed by atoms with Crippen molar-refractivity contribution in [3.63, 3.8) is 0 Å². The molecule has 2 heterocycles. The number of pyridine rings is 1.